The van der Waals surface area contributed by atoms with E-state index in [4.69, 9.17) is 0 Å². The van der Waals surface area contributed by atoms with Gasteiger partial charge in [0.2, 0.25) is 0 Å². The van der Waals surface area contributed by atoms with Crippen molar-refractivity contribution in [2.45, 2.75) is 25.9 Å². The Morgan fingerprint density at radius 1 is 0.889 bits per heavy atom. The Bertz CT molecular complexity index is 1130. The molecular formula is C23H26N2O2. The van der Waals surface area contributed by atoms with Crippen LogP contribution in [0.1, 0.15) is 13.8 Å². The van der Waals surface area contributed by atoms with Gasteiger partial charge in [-0.2, -0.15) is 0 Å². The lowest BCUT2D eigenvalue weighted by Crippen LogP contribution is -2.50. The average Bonchev–Trinajstić information content (AvgIpc) is 3.03. The first kappa shape index (κ1) is 17.8. The number of rotatable bonds is 5. The van der Waals surface area contributed by atoms with Crippen molar-refractivity contribution in [2.24, 2.45) is 0 Å². The molecule has 4 rings (SSSR count). The topological polar surface area (TPSA) is 48.6 Å². The Morgan fingerprint density at radius 2 is 1.63 bits per heavy atom. The first-order valence-corrected chi connectivity index (χ1v) is 9.43. The van der Waals surface area contributed by atoms with Crippen LogP contribution in [0.25, 0.3) is 32.6 Å². The molecule has 0 unspecified atom stereocenters. The van der Waals surface area contributed by atoms with E-state index in [0.717, 1.165) is 23.0 Å². The normalized spacial score (nSPS) is 12.3. The van der Waals surface area contributed by atoms with Crippen LogP contribution >= 0.6 is 0 Å². The SMILES string of the molecule is CCn1c2ccccc2c2cc3cccc(N(C)C(C)(CO)CO)c3cc21. The molecule has 1 heterocycles. The van der Waals surface area contributed by atoms with Crippen molar-refractivity contribution in [3.8, 4) is 0 Å². The lowest BCUT2D eigenvalue weighted by molar-refractivity contribution is 0.130. The highest BCUT2D eigenvalue weighted by Crippen LogP contribution is 2.37. The standard InChI is InChI=1S/C23H26N2O2/c1-4-25-21-10-6-5-9-17(21)19-12-16-8-7-11-20(18(16)13-22(19)25)24(3)23(2,14-26)15-27/h5-13,26-27H,4,14-15H2,1-3H3. The Hall–Kier alpha value is -2.56. The van der Waals surface area contributed by atoms with E-state index in [-0.39, 0.29) is 13.2 Å². The first-order valence-electron chi connectivity index (χ1n) is 9.43. The monoisotopic (exact) mass is 362 g/mol. The van der Waals surface area contributed by atoms with Gasteiger partial charge in [-0.05, 0) is 43.5 Å². The van der Waals surface area contributed by atoms with Gasteiger partial charge in [-0.3, -0.25) is 0 Å². The number of likely N-dealkylation sites (N-methyl/N-ethyl adjacent to an activating group) is 1. The molecule has 0 amide bonds. The van der Waals surface area contributed by atoms with E-state index in [2.05, 4.69) is 60.0 Å². The summed E-state index contributed by atoms with van der Waals surface area (Å²) in [5.74, 6) is 0. The number of anilines is 1. The van der Waals surface area contributed by atoms with Gasteiger partial charge in [0.15, 0.2) is 0 Å². The highest BCUT2D eigenvalue weighted by molar-refractivity contribution is 6.14. The summed E-state index contributed by atoms with van der Waals surface area (Å²) < 4.78 is 2.35. The summed E-state index contributed by atoms with van der Waals surface area (Å²) >= 11 is 0. The average molecular weight is 362 g/mol. The number of benzene rings is 3. The van der Waals surface area contributed by atoms with E-state index in [1.165, 1.54) is 21.8 Å². The first-order chi connectivity index (χ1) is 13.0. The van der Waals surface area contributed by atoms with Crippen LogP contribution in [0.3, 0.4) is 0 Å². The third-order valence-corrected chi connectivity index (χ3v) is 5.92. The van der Waals surface area contributed by atoms with Crippen LogP contribution in [0.5, 0.6) is 0 Å². The van der Waals surface area contributed by atoms with E-state index in [9.17, 15) is 10.2 Å². The third kappa shape index (κ3) is 2.59. The molecular weight excluding hydrogens is 336 g/mol. The molecule has 4 aromatic rings. The number of aryl methyl sites for hydroxylation is 1. The molecule has 2 N–H and O–H groups in total. The summed E-state index contributed by atoms with van der Waals surface area (Å²) in [7, 11) is 1.93. The largest absolute Gasteiger partial charge is 0.394 e. The summed E-state index contributed by atoms with van der Waals surface area (Å²) in [6, 6.07) is 19.2. The predicted molar refractivity (Wildman–Crippen MR) is 114 cm³/mol. The van der Waals surface area contributed by atoms with Gasteiger partial charge < -0.3 is 19.7 Å². The Balaban J connectivity index is 2.05. The van der Waals surface area contributed by atoms with Crippen LogP contribution in [-0.2, 0) is 6.54 Å². The van der Waals surface area contributed by atoms with Gasteiger partial charge in [-0.25, -0.2) is 0 Å². The predicted octanol–water partition coefficient (Wildman–Crippen LogP) is 4.15. The van der Waals surface area contributed by atoms with Crippen molar-refractivity contribution in [1.82, 2.24) is 4.57 Å². The second-order valence-electron chi connectivity index (χ2n) is 7.50. The van der Waals surface area contributed by atoms with Crippen molar-refractivity contribution in [3.63, 3.8) is 0 Å². The fraction of sp³-hybridized carbons (Fsp3) is 0.304. The number of aliphatic hydroxyl groups excluding tert-OH is 2. The van der Waals surface area contributed by atoms with Crippen LogP contribution in [0.15, 0.2) is 54.6 Å². The third-order valence-electron chi connectivity index (χ3n) is 5.92. The van der Waals surface area contributed by atoms with Gasteiger partial charge in [-0.1, -0.05) is 30.3 Å². The lowest BCUT2D eigenvalue weighted by Gasteiger charge is -2.38. The molecule has 0 aliphatic heterocycles. The smallest absolute Gasteiger partial charge is 0.0831 e. The maximum absolute atomic E-state index is 9.83. The Morgan fingerprint density at radius 3 is 2.33 bits per heavy atom. The minimum absolute atomic E-state index is 0.117. The van der Waals surface area contributed by atoms with E-state index in [0.29, 0.717) is 0 Å². The van der Waals surface area contributed by atoms with E-state index in [1.807, 2.05) is 24.9 Å². The molecule has 0 aliphatic carbocycles. The van der Waals surface area contributed by atoms with E-state index >= 15 is 0 Å². The van der Waals surface area contributed by atoms with Crippen LogP contribution in [0.2, 0.25) is 0 Å². The Kier molecular flexibility index (Phi) is 4.33. The quantitative estimate of drug-likeness (QED) is 0.561. The molecule has 0 aliphatic rings. The zero-order valence-corrected chi connectivity index (χ0v) is 16.1. The molecule has 4 nitrogen and oxygen atoms in total. The second-order valence-corrected chi connectivity index (χ2v) is 7.50. The van der Waals surface area contributed by atoms with Crippen LogP contribution in [-0.4, -0.2) is 40.6 Å². The second kappa shape index (κ2) is 6.55. The number of hydrogen-bond donors (Lipinski definition) is 2. The van der Waals surface area contributed by atoms with Crippen LogP contribution in [0, 0.1) is 0 Å². The van der Waals surface area contributed by atoms with Crippen molar-refractivity contribution in [3.05, 3.63) is 54.6 Å². The molecule has 0 spiro atoms. The van der Waals surface area contributed by atoms with Crippen molar-refractivity contribution < 1.29 is 10.2 Å². The number of aliphatic hydroxyl groups is 2. The molecule has 27 heavy (non-hydrogen) atoms. The highest BCUT2D eigenvalue weighted by Gasteiger charge is 2.29. The van der Waals surface area contributed by atoms with Gasteiger partial charge in [0, 0.05) is 46.5 Å². The molecule has 0 saturated heterocycles. The summed E-state index contributed by atoms with van der Waals surface area (Å²) in [4.78, 5) is 1.99. The zero-order chi connectivity index (χ0) is 19.2. The number of aromatic nitrogens is 1. The summed E-state index contributed by atoms with van der Waals surface area (Å²) in [5.41, 5.74) is 2.74. The fourth-order valence-corrected chi connectivity index (χ4v) is 3.99. The maximum Gasteiger partial charge on any atom is 0.0831 e. The number of hydrogen-bond acceptors (Lipinski definition) is 3. The maximum atomic E-state index is 9.83. The highest BCUT2D eigenvalue weighted by atomic mass is 16.3. The minimum atomic E-state index is -0.722. The van der Waals surface area contributed by atoms with E-state index < -0.39 is 5.54 Å². The lowest BCUT2D eigenvalue weighted by atomic mass is 9.99. The van der Waals surface area contributed by atoms with Crippen LogP contribution < -0.4 is 4.90 Å². The number of fused-ring (bicyclic) bond motifs is 4. The van der Waals surface area contributed by atoms with Gasteiger partial charge in [-0.15, -0.1) is 0 Å². The fourth-order valence-electron chi connectivity index (χ4n) is 3.99. The van der Waals surface area contributed by atoms with Gasteiger partial charge >= 0.3 is 0 Å². The summed E-state index contributed by atoms with van der Waals surface area (Å²) in [6.45, 7) is 4.70. The van der Waals surface area contributed by atoms with Crippen molar-refractivity contribution in [2.75, 3.05) is 25.2 Å². The molecule has 0 radical (unpaired) electrons. The van der Waals surface area contributed by atoms with E-state index in [1.54, 1.807) is 0 Å². The summed E-state index contributed by atoms with van der Waals surface area (Å²) in [6.07, 6.45) is 0. The molecule has 4 heteroatoms. The molecule has 0 fully saturated rings. The zero-order valence-electron chi connectivity index (χ0n) is 16.1. The van der Waals surface area contributed by atoms with Gasteiger partial charge in [0.25, 0.3) is 0 Å². The van der Waals surface area contributed by atoms with Gasteiger partial charge in [0.05, 0.1) is 18.8 Å². The molecule has 0 bridgehead atoms. The van der Waals surface area contributed by atoms with Crippen LogP contribution in [0.4, 0.5) is 5.69 Å². The molecule has 3 aromatic carbocycles. The molecule has 0 saturated carbocycles. The number of para-hydroxylation sites is 1. The van der Waals surface area contributed by atoms with Crippen molar-refractivity contribution in [1.29, 1.82) is 0 Å². The summed E-state index contributed by atoms with van der Waals surface area (Å²) in [5, 5.41) is 24.5. The molecule has 0 atom stereocenters. The van der Waals surface area contributed by atoms with Crippen molar-refractivity contribution >= 4 is 38.3 Å². The molecule has 1 aromatic heterocycles. The van der Waals surface area contributed by atoms with Gasteiger partial charge in [0.1, 0.15) is 0 Å². The number of nitrogens with zero attached hydrogens (tertiary/aromatic N) is 2. The Labute approximate surface area is 159 Å². The minimum Gasteiger partial charge on any atom is -0.394 e. The molecule has 140 valence electrons.